The van der Waals surface area contributed by atoms with E-state index in [0.29, 0.717) is 6.61 Å². The third-order valence-electron chi connectivity index (χ3n) is 2.02. The second-order valence-electron chi connectivity index (χ2n) is 4.86. The van der Waals surface area contributed by atoms with Gasteiger partial charge in [0.15, 0.2) is 0 Å². The monoisotopic (exact) mass is 348 g/mol. The van der Waals surface area contributed by atoms with Gasteiger partial charge in [-0.1, -0.05) is 52.0 Å². The van der Waals surface area contributed by atoms with Crippen LogP contribution in [0.4, 0.5) is 0 Å². The predicted octanol–water partition coefficient (Wildman–Crippen LogP) is 5.62. The van der Waals surface area contributed by atoms with Crippen molar-refractivity contribution < 1.29 is 9.53 Å². The Bertz CT molecular complexity index is 385. The van der Waals surface area contributed by atoms with E-state index in [1.807, 2.05) is 45.9 Å². The average Bonchev–Trinajstić information content (AvgIpc) is 2.46. The Morgan fingerprint density at radius 1 is 1.32 bits per heavy atom. The molecular weight excluding hydrogens is 316 g/mol. The Hall–Kier alpha value is -0.720. The number of ether oxygens (including phenoxy) is 1. The van der Waals surface area contributed by atoms with Crippen LogP contribution in [0.25, 0.3) is 0 Å². The normalized spacial score (nSPS) is 9.77. The lowest BCUT2D eigenvalue weighted by molar-refractivity contribution is -0.147. The maximum atomic E-state index is 11.4. The molecule has 1 heterocycles. The van der Waals surface area contributed by atoms with Gasteiger partial charge in [0.05, 0.1) is 10.7 Å². The van der Waals surface area contributed by atoms with Crippen LogP contribution in [-0.2, 0) is 9.53 Å². The van der Waals surface area contributed by atoms with Gasteiger partial charge in [-0.25, -0.2) is 4.98 Å². The summed E-state index contributed by atoms with van der Waals surface area (Å²) in [7, 11) is 3.26. The number of rotatable bonds is 6. The largest absolute Gasteiger partial charge is 0.464 e. The molecule has 4 nitrogen and oxygen atoms in total. The van der Waals surface area contributed by atoms with Crippen molar-refractivity contribution in [2.45, 2.75) is 58.7 Å². The molecule has 22 heavy (non-hydrogen) atoms. The molecule has 0 aliphatic carbocycles. The Morgan fingerprint density at radius 2 is 1.91 bits per heavy atom. The van der Waals surface area contributed by atoms with E-state index in [1.54, 1.807) is 27.8 Å². The first-order chi connectivity index (χ1) is 9.41. The van der Waals surface area contributed by atoms with Gasteiger partial charge in [0, 0.05) is 6.20 Å². The number of carbonyl (C=O) groups is 1. The van der Waals surface area contributed by atoms with Gasteiger partial charge in [0.1, 0.15) is 11.6 Å². The van der Waals surface area contributed by atoms with Crippen LogP contribution < -0.4 is 6.15 Å². The highest BCUT2D eigenvalue weighted by atomic mass is 33.1. The van der Waals surface area contributed by atoms with Crippen LogP contribution in [0.5, 0.6) is 0 Å². The van der Waals surface area contributed by atoms with Gasteiger partial charge < -0.3 is 10.9 Å². The highest BCUT2D eigenvalue weighted by Crippen LogP contribution is 2.39. The molecule has 0 aliphatic rings. The fourth-order valence-electron chi connectivity index (χ4n) is 0.988. The van der Waals surface area contributed by atoms with E-state index in [9.17, 15) is 4.79 Å². The zero-order chi connectivity index (χ0) is 15.6. The van der Waals surface area contributed by atoms with Crippen molar-refractivity contribution in [3.05, 3.63) is 24.4 Å². The molecule has 0 unspecified atom stereocenters. The van der Waals surface area contributed by atoms with Gasteiger partial charge in [-0.3, -0.25) is 4.79 Å². The lowest BCUT2D eigenvalue weighted by Gasteiger charge is -2.23. The smallest absolute Gasteiger partial charge is 0.308 e. The van der Waals surface area contributed by atoms with Gasteiger partial charge >= 0.3 is 5.97 Å². The van der Waals surface area contributed by atoms with Gasteiger partial charge in [0.25, 0.3) is 0 Å². The van der Waals surface area contributed by atoms with E-state index in [-0.39, 0.29) is 30.2 Å². The molecule has 0 aromatic carbocycles. The summed E-state index contributed by atoms with van der Waals surface area (Å²) in [5, 5.41) is 0.964. The number of carbonyl (C=O) groups excluding carboxylic acids is 1. The molecule has 0 radical (unpaired) electrons. The predicted molar refractivity (Wildman–Crippen MR) is 101 cm³/mol. The Morgan fingerprint density at radius 3 is 2.36 bits per heavy atom. The summed E-state index contributed by atoms with van der Waals surface area (Å²) >= 11 is 0. The Labute approximate surface area is 144 Å². The van der Waals surface area contributed by atoms with Crippen LogP contribution in [-0.4, -0.2) is 22.3 Å². The van der Waals surface area contributed by atoms with Crippen LogP contribution in [0.15, 0.2) is 29.4 Å². The summed E-state index contributed by atoms with van der Waals surface area (Å²) < 4.78 is 5.13. The summed E-state index contributed by atoms with van der Waals surface area (Å²) in [4.78, 5) is 15.7. The van der Waals surface area contributed by atoms with E-state index in [2.05, 4.69) is 18.8 Å². The van der Waals surface area contributed by atoms with Gasteiger partial charge in [-0.15, -0.1) is 0 Å². The quantitative estimate of drug-likeness (QED) is 0.531. The number of hydrogen-bond donors (Lipinski definition) is 1. The molecule has 0 bridgehead atoms. The summed E-state index contributed by atoms with van der Waals surface area (Å²) in [6.07, 6.45) is 1.77. The van der Waals surface area contributed by atoms with Crippen LogP contribution >= 0.6 is 21.6 Å². The van der Waals surface area contributed by atoms with E-state index in [1.165, 1.54) is 0 Å². The second-order valence-corrected chi connectivity index (χ2v) is 7.71. The molecule has 0 saturated heterocycles. The molecule has 0 fully saturated rings. The molecule has 1 aromatic rings. The highest BCUT2D eigenvalue weighted by Gasteiger charge is 2.23. The average molecular weight is 349 g/mol. The van der Waals surface area contributed by atoms with Crippen LogP contribution in [0.3, 0.4) is 0 Å². The van der Waals surface area contributed by atoms with Crippen LogP contribution in [0.2, 0.25) is 0 Å². The lowest BCUT2D eigenvalue weighted by Crippen LogP contribution is -2.25. The highest BCUT2D eigenvalue weighted by molar-refractivity contribution is 8.77. The van der Waals surface area contributed by atoms with Gasteiger partial charge in [-0.2, -0.15) is 0 Å². The fraction of sp³-hybridized carbons (Fsp3) is 0.625. The third kappa shape index (κ3) is 11.9. The van der Waals surface area contributed by atoms with Crippen molar-refractivity contribution in [2.24, 2.45) is 5.92 Å². The molecule has 1 rings (SSSR count). The van der Waals surface area contributed by atoms with Crippen LogP contribution in [0, 0.1) is 5.92 Å². The third-order valence-corrected chi connectivity index (χ3v) is 5.20. The topological polar surface area (TPSA) is 74.2 Å². The first-order valence-corrected chi connectivity index (χ1v) is 8.99. The van der Waals surface area contributed by atoms with Crippen molar-refractivity contribution in [3.63, 3.8) is 0 Å². The standard InChI is InChI=1S/C13H19NO2S2.C2H6.CH4.H3N/c1-10(2)12(15)16-9-13(3,4)18-17-11-7-5-6-8-14-11;1-2;;/h5-8,10H,9H2,1-4H3;1-2H3;1H4;1H3. The molecule has 3 N–H and O–H groups in total. The minimum absolute atomic E-state index is 0. The van der Waals surface area contributed by atoms with Crippen molar-refractivity contribution in [2.75, 3.05) is 6.61 Å². The number of aromatic nitrogens is 1. The lowest BCUT2D eigenvalue weighted by atomic mass is 10.2. The maximum Gasteiger partial charge on any atom is 0.308 e. The summed E-state index contributed by atoms with van der Waals surface area (Å²) in [5.74, 6) is -0.222. The molecule has 0 atom stereocenters. The van der Waals surface area contributed by atoms with Crippen molar-refractivity contribution >= 4 is 27.6 Å². The summed E-state index contributed by atoms with van der Waals surface area (Å²) in [6, 6.07) is 5.82. The molecule has 1 aromatic heterocycles. The number of pyridine rings is 1. The van der Waals surface area contributed by atoms with E-state index < -0.39 is 0 Å². The first-order valence-electron chi connectivity index (χ1n) is 6.84. The first kappa shape index (κ1) is 26.2. The molecule has 0 spiro atoms. The van der Waals surface area contributed by atoms with Crippen molar-refractivity contribution in [1.82, 2.24) is 11.1 Å². The van der Waals surface area contributed by atoms with Crippen molar-refractivity contribution in [1.29, 1.82) is 0 Å². The maximum absolute atomic E-state index is 11.4. The number of nitrogens with zero attached hydrogens (tertiary/aromatic N) is 1. The molecular formula is C16H32N2O2S2. The van der Waals surface area contributed by atoms with Crippen LogP contribution in [0.1, 0.15) is 49.0 Å². The zero-order valence-corrected chi connectivity index (χ0v) is 15.5. The Kier molecular flexibility index (Phi) is 16.6. The van der Waals surface area contributed by atoms with E-state index in [4.69, 9.17) is 4.74 Å². The zero-order valence-electron chi connectivity index (χ0n) is 13.9. The summed E-state index contributed by atoms with van der Waals surface area (Å²) in [5.41, 5.74) is 0. The van der Waals surface area contributed by atoms with Gasteiger partial charge in [-0.05, 0) is 36.8 Å². The number of esters is 1. The van der Waals surface area contributed by atoms with Gasteiger partial charge in [0.2, 0.25) is 0 Å². The molecule has 0 amide bonds. The number of hydrogen-bond acceptors (Lipinski definition) is 6. The Balaban J connectivity index is -0.000000864. The molecule has 6 heteroatoms. The SMILES string of the molecule is C.CC.CC(C)C(=O)OCC(C)(C)SSc1ccccn1.N. The summed E-state index contributed by atoms with van der Waals surface area (Å²) in [6.45, 7) is 12.2. The minimum Gasteiger partial charge on any atom is -0.464 e. The minimum atomic E-state index is -0.147. The van der Waals surface area contributed by atoms with Crippen molar-refractivity contribution in [3.8, 4) is 0 Å². The molecule has 0 saturated carbocycles. The van der Waals surface area contributed by atoms with E-state index >= 15 is 0 Å². The fourth-order valence-corrected chi connectivity index (χ4v) is 3.02. The van der Waals surface area contributed by atoms with E-state index in [0.717, 1.165) is 5.03 Å². The second kappa shape index (κ2) is 13.9. The molecule has 0 aliphatic heterocycles. The molecule has 130 valence electrons.